The van der Waals surface area contributed by atoms with Gasteiger partial charge in [0.1, 0.15) is 12.7 Å². The third kappa shape index (κ3) is 11.7. The van der Waals surface area contributed by atoms with Crippen molar-refractivity contribution in [1.82, 2.24) is 30.3 Å². The number of aryl methyl sites for hydroxylation is 1. The molecular formula is C18H38IN7. The van der Waals surface area contributed by atoms with Crippen LogP contribution in [0.3, 0.4) is 0 Å². The first-order valence-electron chi connectivity index (χ1n) is 9.79. The van der Waals surface area contributed by atoms with E-state index in [9.17, 15) is 0 Å². The second-order valence-corrected chi connectivity index (χ2v) is 6.38. The molecule has 0 saturated carbocycles. The van der Waals surface area contributed by atoms with Gasteiger partial charge in [-0.15, -0.1) is 34.2 Å². The van der Waals surface area contributed by atoms with Crippen LogP contribution in [0.4, 0.5) is 0 Å². The van der Waals surface area contributed by atoms with E-state index in [1.165, 1.54) is 13.0 Å². The molecule has 1 aromatic heterocycles. The molecule has 8 heteroatoms. The number of rotatable bonds is 13. The molecule has 1 aromatic rings. The Morgan fingerprint density at radius 2 is 1.81 bits per heavy atom. The summed E-state index contributed by atoms with van der Waals surface area (Å²) in [5, 5.41) is 14.5. The Morgan fingerprint density at radius 1 is 1.12 bits per heavy atom. The highest BCUT2D eigenvalue weighted by atomic mass is 127. The molecule has 1 atom stereocenters. The molecule has 26 heavy (non-hydrogen) atoms. The van der Waals surface area contributed by atoms with E-state index in [0.717, 1.165) is 57.9 Å². The molecule has 0 aliphatic heterocycles. The predicted octanol–water partition coefficient (Wildman–Crippen LogP) is 2.74. The monoisotopic (exact) mass is 479 g/mol. The van der Waals surface area contributed by atoms with Crippen molar-refractivity contribution in [2.75, 3.05) is 32.7 Å². The van der Waals surface area contributed by atoms with Crippen LogP contribution in [0.2, 0.25) is 0 Å². The zero-order valence-corrected chi connectivity index (χ0v) is 19.3. The van der Waals surface area contributed by atoms with Crippen molar-refractivity contribution in [1.29, 1.82) is 0 Å². The molecule has 0 aliphatic rings. The van der Waals surface area contributed by atoms with Gasteiger partial charge in [0.05, 0.1) is 0 Å². The number of unbranched alkanes of at least 4 members (excludes halogenated alkanes) is 1. The predicted molar refractivity (Wildman–Crippen MR) is 120 cm³/mol. The fourth-order valence-electron chi connectivity index (χ4n) is 2.72. The zero-order chi connectivity index (χ0) is 18.3. The Hall–Kier alpha value is -0.900. The molecule has 0 aromatic carbocycles. The third-order valence-electron chi connectivity index (χ3n) is 4.29. The molecular weight excluding hydrogens is 441 g/mol. The molecule has 7 nitrogen and oxygen atoms in total. The molecule has 0 aliphatic carbocycles. The van der Waals surface area contributed by atoms with Crippen LogP contribution in [0, 0.1) is 0 Å². The van der Waals surface area contributed by atoms with Crippen molar-refractivity contribution in [3.63, 3.8) is 0 Å². The lowest BCUT2D eigenvalue weighted by molar-refractivity contribution is 0.292. The van der Waals surface area contributed by atoms with Crippen molar-refractivity contribution >= 4 is 29.9 Å². The van der Waals surface area contributed by atoms with Gasteiger partial charge in [-0.3, -0.25) is 4.99 Å². The minimum absolute atomic E-state index is 0. The second-order valence-electron chi connectivity index (χ2n) is 6.38. The Kier molecular flexibility index (Phi) is 15.7. The van der Waals surface area contributed by atoms with E-state index in [0.29, 0.717) is 6.04 Å². The molecule has 0 amide bonds. The van der Waals surface area contributed by atoms with E-state index in [4.69, 9.17) is 4.99 Å². The van der Waals surface area contributed by atoms with Crippen LogP contribution < -0.4 is 10.6 Å². The number of nitrogens with zero attached hydrogens (tertiary/aromatic N) is 5. The molecule has 0 fully saturated rings. The molecule has 152 valence electrons. The zero-order valence-electron chi connectivity index (χ0n) is 16.9. The van der Waals surface area contributed by atoms with E-state index in [1.54, 1.807) is 12.7 Å². The lowest BCUT2D eigenvalue weighted by Gasteiger charge is -2.21. The molecule has 0 radical (unpaired) electrons. The average molecular weight is 479 g/mol. The molecule has 1 rings (SSSR count). The topological polar surface area (TPSA) is 70.4 Å². The maximum atomic E-state index is 4.69. The normalized spacial score (nSPS) is 12.7. The summed E-state index contributed by atoms with van der Waals surface area (Å²) in [4.78, 5) is 7.17. The number of guanidine groups is 1. The number of aliphatic imine (C=N–C) groups is 1. The van der Waals surface area contributed by atoms with E-state index < -0.39 is 0 Å². The van der Waals surface area contributed by atoms with Gasteiger partial charge in [0.15, 0.2) is 5.96 Å². The summed E-state index contributed by atoms with van der Waals surface area (Å²) in [5.74, 6) is 0.933. The minimum Gasteiger partial charge on any atom is -0.357 e. The summed E-state index contributed by atoms with van der Waals surface area (Å²) in [6.07, 6.45) is 8.04. The van der Waals surface area contributed by atoms with Gasteiger partial charge in [-0.2, -0.15) is 0 Å². The molecule has 0 saturated heterocycles. The fraction of sp³-hybridized carbons (Fsp3) is 0.833. The van der Waals surface area contributed by atoms with E-state index >= 15 is 0 Å². The van der Waals surface area contributed by atoms with Gasteiger partial charge in [-0.1, -0.05) is 13.8 Å². The van der Waals surface area contributed by atoms with Crippen LogP contribution in [0.25, 0.3) is 0 Å². The third-order valence-corrected chi connectivity index (χ3v) is 4.29. The first kappa shape index (κ1) is 25.1. The van der Waals surface area contributed by atoms with Gasteiger partial charge in [-0.05, 0) is 59.2 Å². The standard InChI is InChI=1S/C18H37N7.HI/c1-5-19-18(20-12-8-9-13-25-15-21-22-16-25)23-17(4)11-10-14-24(6-2)7-3;/h15-17H,5-14H2,1-4H3,(H2,19,20,23);1H. The van der Waals surface area contributed by atoms with Crippen molar-refractivity contribution in [3.05, 3.63) is 12.7 Å². The summed E-state index contributed by atoms with van der Waals surface area (Å²) in [6, 6.07) is 0.436. The smallest absolute Gasteiger partial charge is 0.191 e. The molecule has 0 spiro atoms. The first-order chi connectivity index (χ1) is 12.2. The Morgan fingerprint density at radius 3 is 2.42 bits per heavy atom. The molecule has 2 N–H and O–H groups in total. The summed E-state index contributed by atoms with van der Waals surface area (Å²) in [5.41, 5.74) is 0. The minimum atomic E-state index is 0. The van der Waals surface area contributed by atoms with Gasteiger partial charge < -0.3 is 20.1 Å². The lowest BCUT2D eigenvalue weighted by Crippen LogP contribution is -2.42. The average Bonchev–Trinajstić information content (AvgIpc) is 3.12. The summed E-state index contributed by atoms with van der Waals surface area (Å²) >= 11 is 0. The van der Waals surface area contributed by atoms with Gasteiger partial charge in [0.2, 0.25) is 0 Å². The molecule has 1 heterocycles. The first-order valence-corrected chi connectivity index (χ1v) is 9.79. The fourth-order valence-corrected chi connectivity index (χ4v) is 2.72. The molecule has 0 bridgehead atoms. The van der Waals surface area contributed by atoms with Crippen molar-refractivity contribution < 1.29 is 0 Å². The van der Waals surface area contributed by atoms with Crippen LogP contribution >= 0.6 is 24.0 Å². The van der Waals surface area contributed by atoms with E-state index in [2.05, 4.69) is 53.4 Å². The van der Waals surface area contributed by atoms with Crippen molar-refractivity contribution in [2.24, 2.45) is 4.99 Å². The highest BCUT2D eigenvalue weighted by Gasteiger charge is 2.06. The molecule has 1 unspecified atom stereocenters. The Labute approximate surface area is 176 Å². The van der Waals surface area contributed by atoms with Crippen LogP contribution in [-0.4, -0.2) is 64.4 Å². The Balaban J connectivity index is 0.00000625. The summed E-state index contributed by atoms with van der Waals surface area (Å²) in [7, 11) is 0. The van der Waals surface area contributed by atoms with E-state index in [-0.39, 0.29) is 24.0 Å². The highest BCUT2D eigenvalue weighted by molar-refractivity contribution is 14.0. The van der Waals surface area contributed by atoms with Crippen LogP contribution in [-0.2, 0) is 6.54 Å². The van der Waals surface area contributed by atoms with Gasteiger partial charge in [0.25, 0.3) is 0 Å². The lowest BCUT2D eigenvalue weighted by atomic mass is 10.2. The number of aromatic nitrogens is 3. The SMILES string of the molecule is CCNC(=NCCCCn1cnnc1)NC(C)CCCN(CC)CC.I. The maximum Gasteiger partial charge on any atom is 0.191 e. The Bertz CT molecular complexity index is 446. The number of hydrogen-bond acceptors (Lipinski definition) is 4. The van der Waals surface area contributed by atoms with Gasteiger partial charge >= 0.3 is 0 Å². The maximum absolute atomic E-state index is 4.69. The second kappa shape index (κ2) is 16.3. The van der Waals surface area contributed by atoms with E-state index in [1.807, 2.05) is 4.57 Å². The van der Waals surface area contributed by atoms with Crippen LogP contribution in [0.1, 0.15) is 53.4 Å². The summed E-state index contributed by atoms with van der Waals surface area (Å²) in [6.45, 7) is 14.9. The highest BCUT2D eigenvalue weighted by Crippen LogP contribution is 2.00. The number of halogens is 1. The quantitative estimate of drug-likeness (QED) is 0.197. The van der Waals surface area contributed by atoms with Crippen molar-refractivity contribution in [2.45, 2.75) is 66.0 Å². The number of hydrogen-bond donors (Lipinski definition) is 2. The number of nitrogens with one attached hydrogen (secondary N) is 2. The van der Waals surface area contributed by atoms with Crippen molar-refractivity contribution in [3.8, 4) is 0 Å². The van der Waals surface area contributed by atoms with Crippen LogP contribution in [0.5, 0.6) is 0 Å². The largest absolute Gasteiger partial charge is 0.357 e. The van der Waals surface area contributed by atoms with Gasteiger partial charge in [0, 0.05) is 25.7 Å². The van der Waals surface area contributed by atoms with Crippen LogP contribution in [0.15, 0.2) is 17.6 Å². The van der Waals surface area contributed by atoms with Gasteiger partial charge in [-0.25, -0.2) is 0 Å². The summed E-state index contributed by atoms with van der Waals surface area (Å²) < 4.78 is 2.01.